The molecule has 0 aliphatic heterocycles. The Balaban J connectivity index is 2.57. The highest BCUT2D eigenvalue weighted by atomic mass is 19.2. The van der Waals surface area contributed by atoms with Crippen molar-refractivity contribution < 1.29 is 13.5 Å². The standard InChI is InChI=1S/C13H14F2N4O/c1-4-20-13-18-11(17-12(16-3)19-13)8-6-5-7(2)9(14)10(8)15/h5-6H,4H2,1-3H3,(H,16,17,18,19). The van der Waals surface area contributed by atoms with Gasteiger partial charge in [0.15, 0.2) is 17.5 Å². The van der Waals surface area contributed by atoms with E-state index in [1.165, 1.54) is 19.1 Å². The molecule has 5 nitrogen and oxygen atoms in total. The summed E-state index contributed by atoms with van der Waals surface area (Å²) in [5.74, 6) is -1.66. The molecule has 0 atom stereocenters. The highest BCUT2D eigenvalue weighted by Crippen LogP contribution is 2.25. The number of benzene rings is 1. The monoisotopic (exact) mass is 280 g/mol. The maximum Gasteiger partial charge on any atom is 0.321 e. The Kier molecular flexibility index (Phi) is 4.07. The molecule has 0 fully saturated rings. The van der Waals surface area contributed by atoms with Gasteiger partial charge in [-0.15, -0.1) is 0 Å². The van der Waals surface area contributed by atoms with Crippen LogP contribution >= 0.6 is 0 Å². The van der Waals surface area contributed by atoms with Crippen molar-refractivity contribution in [1.82, 2.24) is 15.0 Å². The van der Waals surface area contributed by atoms with Gasteiger partial charge in [0.25, 0.3) is 0 Å². The normalized spacial score (nSPS) is 10.4. The summed E-state index contributed by atoms with van der Waals surface area (Å²) in [5.41, 5.74) is 0.187. The van der Waals surface area contributed by atoms with E-state index < -0.39 is 11.6 Å². The lowest BCUT2D eigenvalue weighted by atomic mass is 10.1. The minimum absolute atomic E-state index is 0.0178. The molecule has 1 aromatic heterocycles. The van der Waals surface area contributed by atoms with Crippen molar-refractivity contribution in [1.29, 1.82) is 0 Å². The molecule has 0 unspecified atom stereocenters. The second-order valence-corrected chi connectivity index (χ2v) is 4.01. The van der Waals surface area contributed by atoms with Gasteiger partial charge in [-0.05, 0) is 25.5 Å². The van der Waals surface area contributed by atoms with Gasteiger partial charge in [0.05, 0.1) is 12.2 Å². The van der Waals surface area contributed by atoms with Crippen molar-refractivity contribution in [3.63, 3.8) is 0 Å². The fraction of sp³-hybridized carbons (Fsp3) is 0.308. The van der Waals surface area contributed by atoms with Crippen LogP contribution in [0.3, 0.4) is 0 Å². The number of aromatic nitrogens is 3. The first kappa shape index (κ1) is 14.1. The molecule has 0 radical (unpaired) electrons. The van der Waals surface area contributed by atoms with Gasteiger partial charge in [0.2, 0.25) is 5.95 Å². The Hall–Kier alpha value is -2.31. The Morgan fingerprint density at radius 1 is 1.15 bits per heavy atom. The quantitative estimate of drug-likeness (QED) is 0.932. The van der Waals surface area contributed by atoms with Crippen LogP contribution in [0.15, 0.2) is 12.1 Å². The van der Waals surface area contributed by atoms with Crippen LogP contribution in [0.1, 0.15) is 12.5 Å². The number of hydrogen-bond acceptors (Lipinski definition) is 5. The van der Waals surface area contributed by atoms with E-state index in [4.69, 9.17) is 4.74 Å². The Morgan fingerprint density at radius 2 is 1.90 bits per heavy atom. The number of halogens is 2. The minimum Gasteiger partial charge on any atom is -0.464 e. The number of ether oxygens (including phenoxy) is 1. The van der Waals surface area contributed by atoms with Crippen LogP contribution in [0.5, 0.6) is 6.01 Å². The fourth-order valence-electron chi connectivity index (χ4n) is 1.60. The Morgan fingerprint density at radius 3 is 2.55 bits per heavy atom. The third-order valence-corrected chi connectivity index (χ3v) is 2.63. The fourth-order valence-corrected chi connectivity index (χ4v) is 1.60. The first-order valence-corrected chi connectivity index (χ1v) is 6.08. The summed E-state index contributed by atoms with van der Waals surface area (Å²) in [6.07, 6.45) is 0. The molecular formula is C13H14F2N4O. The van der Waals surface area contributed by atoms with Crippen LogP contribution in [0.2, 0.25) is 0 Å². The van der Waals surface area contributed by atoms with Crippen molar-refractivity contribution in [3.8, 4) is 17.4 Å². The first-order chi connectivity index (χ1) is 9.56. The van der Waals surface area contributed by atoms with Crippen molar-refractivity contribution in [3.05, 3.63) is 29.3 Å². The van der Waals surface area contributed by atoms with Crippen molar-refractivity contribution in [2.24, 2.45) is 0 Å². The third-order valence-electron chi connectivity index (χ3n) is 2.63. The zero-order chi connectivity index (χ0) is 14.7. The zero-order valence-corrected chi connectivity index (χ0v) is 11.4. The van der Waals surface area contributed by atoms with Gasteiger partial charge in [0, 0.05) is 7.05 Å². The predicted molar refractivity (Wildman–Crippen MR) is 70.6 cm³/mol. The molecule has 7 heteroatoms. The number of nitrogens with zero attached hydrogens (tertiary/aromatic N) is 3. The number of rotatable bonds is 4. The summed E-state index contributed by atoms with van der Waals surface area (Å²) >= 11 is 0. The van der Waals surface area contributed by atoms with E-state index in [0.29, 0.717) is 6.61 Å². The summed E-state index contributed by atoms with van der Waals surface area (Å²) in [5, 5.41) is 2.72. The molecular weight excluding hydrogens is 266 g/mol. The molecule has 1 N–H and O–H groups in total. The predicted octanol–water partition coefficient (Wildman–Crippen LogP) is 2.57. The molecule has 2 rings (SSSR count). The van der Waals surface area contributed by atoms with E-state index in [9.17, 15) is 8.78 Å². The largest absolute Gasteiger partial charge is 0.464 e. The average molecular weight is 280 g/mol. The molecule has 0 aliphatic rings. The van der Waals surface area contributed by atoms with Crippen molar-refractivity contribution in [2.75, 3.05) is 19.0 Å². The third kappa shape index (κ3) is 2.66. The Bertz CT molecular complexity index is 634. The van der Waals surface area contributed by atoms with E-state index in [1.54, 1.807) is 14.0 Å². The van der Waals surface area contributed by atoms with Crippen LogP contribution in [-0.2, 0) is 0 Å². The summed E-state index contributed by atoms with van der Waals surface area (Å²) in [6.45, 7) is 3.62. The van der Waals surface area contributed by atoms with Gasteiger partial charge < -0.3 is 10.1 Å². The molecule has 1 heterocycles. The molecule has 106 valence electrons. The van der Waals surface area contributed by atoms with Crippen LogP contribution in [-0.4, -0.2) is 28.6 Å². The maximum atomic E-state index is 14.0. The number of aryl methyl sites for hydroxylation is 1. The number of hydrogen-bond donors (Lipinski definition) is 1. The molecule has 0 bridgehead atoms. The van der Waals surface area contributed by atoms with Gasteiger partial charge in [-0.3, -0.25) is 0 Å². The SMILES string of the molecule is CCOc1nc(NC)nc(-c2ccc(C)c(F)c2F)n1. The number of anilines is 1. The molecule has 0 aliphatic carbocycles. The maximum absolute atomic E-state index is 14.0. The Labute approximate surface area is 115 Å². The van der Waals surface area contributed by atoms with Gasteiger partial charge in [-0.1, -0.05) is 6.07 Å². The van der Waals surface area contributed by atoms with Gasteiger partial charge in [-0.25, -0.2) is 8.78 Å². The highest BCUT2D eigenvalue weighted by Gasteiger charge is 2.17. The van der Waals surface area contributed by atoms with Crippen LogP contribution in [0, 0.1) is 18.6 Å². The van der Waals surface area contributed by atoms with Crippen LogP contribution < -0.4 is 10.1 Å². The van der Waals surface area contributed by atoms with E-state index in [2.05, 4.69) is 20.3 Å². The minimum atomic E-state index is -0.985. The van der Waals surface area contributed by atoms with E-state index in [0.717, 1.165) is 0 Å². The second-order valence-electron chi connectivity index (χ2n) is 4.01. The lowest BCUT2D eigenvalue weighted by Gasteiger charge is -2.08. The molecule has 0 saturated heterocycles. The molecule has 20 heavy (non-hydrogen) atoms. The molecule has 2 aromatic rings. The van der Waals surface area contributed by atoms with E-state index >= 15 is 0 Å². The molecule has 0 saturated carbocycles. The lowest BCUT2D eigenvalue weighted by Crippen LogP contribution is -2.06. The summed E-state index contributed by atoms with van der Waals surface area (Å²) in [6, 6.07) is 2.96. The number of nitrogens with one attached hydrogen (secondary N) is 1. The van der Waals surface area contributed by atoms with Gasteiger partial charge in [0.1, 0.15) is 0 Å². The van der Waals surface area contributed by atoms with Crippen LogP contribution in [0.4, 0.5) is 14.7 Å². The van der Waals surface area contributed by atoms with Crippen LogP contribution in [0.25, 0.3) is 11.4 Å². The van der Waals surface area contributed by atoms with Crippen molar-refractivity contribution in [2.45, 2.75) is 13.8 Å². The lowest BCUT2D eigenvalue weighted by molar-refractivity contribution is 0.312. The smallest absolute Gasteiger partial charge is 0.321 e. The van der Waals surface area contributed by atoms with E-state index in [-0.39, 0.29) is 28.9 Å². The average Bonchev–Trinajstić information content (AvgIpc) is 2.45. The summed E-state index contributed by atoms with van der Waals surface area (Å²) in [7, 11) is 1.61. The molecule has 0 spiro atoms. The zero-order valence-electron chi connectivity index (χ0n) is 11.4. The summed E-state index contributed by atoms with van der Waals surface area (Å²) in [4.78, 5) is 12.0. The van der Waals surface area contributed by atoms with Crippen molar-refractivity contribution >= 4 is 5.95 Å². The molecule has 1 aromatic carbocycles. The van der Waals surface area contributed by atoms with E-state index in [1.807, 2.05) is 0 Å². The molecule has 0 amide bonds. The van der Waals surface area contributed by atoms with Gasteiger partial charge >= 0.3 is 6.01 Å². The van der Waals surface area contributed by atoms with Gasteiger partial charge in [-0.2, -0.15) is 15.0 Å². The first-order valence-electron chi connectivity index (χ1n) is 6.08. The summed E-state index contributed by atoms with van der Waals surface area (Å²) < 4.78 is 32.8. The highest BCUT2D eigenvalue weighted by molar-refractivity contribution is 5.58. The topological polar surface area (TPSA) is 59.9 Å². The second kappa shape index (κ2) is 5.77.